The fourth-order valence-corrected chi connectivity index (χ4v) is 3.50. The van der Waals surface area contributed by atoms with Gasteiger partial charge in [0.15, 0.2) is 5.76 Å². The number of hydrogen-bond donors (Lipinski definition) is 1. The van der Waals surface area contributed by atoms with Crippen molar-refractivity contribution in [2.75, 3.05) is 25.1 Å². The van der Waals surface area contributed by atoms with E-state index in [0.717, 1.165) is 16.9 Å². The fourth-order valence-electron chi connectivity index (χ4n) is 3.50. The van der Waals surface area contributed by atoms with Gasteiger partial charge < -0.3 is 19.4 Å². The van der Waals surface area contributed by atoms with Gasteiger partial charge in [0, 0.05) is 12.6 Å². The van der Waals surface area contributed by atoms with Gasteiger partial charge in [0.05, 0.1) is 24.1 Å². The average Bonchev–Trinajstić information content (AvgIpc) is 3.41. The minimum atomic E-state index is -0.332. The monoisotopic (exact) mass is 440 g/mol. The topological polar surface area (TPSA) is 71.8 Å². The average molecular weight is 440 g/mol. The number of amides is 2. The molecule has 3 aromatic carbocycles. The van der Waals surface area contributed by atoms with Crippen molar-refractivity contribution in [3.63, 3.8) is 0 Å². The van der Waals surface area contributed by atoms with Crippen molar-refractivity contribution in [3.8, 4) is 16.9 Å². The Hall–Kier alpha value is -4.32. The second kappa shape index (κ2) is 10.3. The summed E-state index contributed by atoms with van der Waals surface area (Å²) in [6.07, 6.45) is 1.44. The molecule has 166 valence electrons. The van der Waals surface area contributed by atoms with Crippen LogP contribution in [0.25, 0.3) is 11.1 Å². The van der Waals surface area contributed by atoms with Crippen LogP contribution in [0.3, 0.4) is 0 Å². The van der Waals surface area contributed by atoms with Crippen LogP contribution in [0.15, 0.2) is 102 Å². The number of para-hydroxylation sites is 2. The third-order valence-corrected chi connectivity index (χ3v) is 5.16. The second-order valence-corrected chi connectivity index (χ2v) is 7.33. The van der Waals surface area contributed by atoms with E-state index in [9.17, 15) is 9.59 Å². The van der Waals surface area contributed by atoms with Crippen molar-refractivity contribution in [3.05, 3.63) is 109 Å². The third kappa shape index (κ3) is 5.13. The molecule has 6 nitrogen and oxygen atoms in total. The number of ether oxygens (including phenoxy) is 1. The van der Waals surface area contributed by atoms with Gasteiger partial charge in [-0.2, -0.15) is 0 Å². The van der Waals surface area contributed by atoms with Gasteiger partial charge in [0.1, 0.15) is 12.4 Å². The van der Waals surface area contributed by atoms with E-state index in [1.54, 1.807) is 43.4 Å². The first-order valence-corrected chi connectivity index (χ1v) is 10.6. The summed E-state index contributed by atoms with van der Waals surface area (Å²) in [5.74, 6) is 0.339. The summed E-state index contributed by atoms with van der Waals surface area (Å²) in [5.41, 5.74) is 2.94. The molecule has 0 aliphatic heterocycles. The molecule has 1 heterocycles. The second-order valence-electron chi connectivity index (χ2n) is 7.33. The van der Waals surface area contributed by atoms with Crippen LogP contribution < -0.4 is 15.0 Å². The van der Waals surface area contributed by atoms with E-state index < -0.39 is 0 Å². The van der Waals surface area contributed by atoms with Gasteiger partial charge in [-0.3, -0.25) is 9.59 Å². The number of benzene rings is 3. The minimum absolute atomic E-state index is 0.207. The largest absolute Gasteiger partial charge is 0.491 e. The first-order valence-electron chi connectivity index (χ1n) is 10.6. The lowest BCUT2D eigenvalue weighted by Gasteiger charge is -2.19. The van der Waals surface area contributed by atoms with Crippen molar-refractivity contribution in [1.29, 1.82) is 0 Å². The maximum absolute atomic E-state index is 12.9. The van der Waals surface area contributed by atoms with E-state index in [2.05, 4.69) is 5.32 Å². The highest BCUT2D eigenvalue weighted by Gasteiger charge is 2.21. The molecule has 1 N–H and O–H groups in total. The van der Waals surface area contributed by atoms with Crippen molar-refractivity contribution in [1.82, 2.24) is 5.32 Å². The first kappa shape index (κ1) is 21.9. The number of nitrogens with zero attached hydrogens (tertiary/aromatic N) is 1. The zero-order valence-corrected chi connectivity index (χ0v) is 18.2. The van der Waals surface area contributed by atoms with Crippen LogP contribution in [0.2, 0.25) is 0 Å². The number of carbonyl (C=O) groups excluding carboxylic acids is 2. The lowest BCUT2D eigenvalue weighted by molar-refractivity contribution is 0.0947. The van der Waals surface area contributed by atoms with Gasteiger partial charge in [-0.05, 0) is 35.9 Å². The molecule has 4 aromatic rings. The first-order chi connectivity index (χ1) is 16.1. The maximum atomic E-state index is 12.9. The fraction of sp³-hybridized carbons (Fsp3) is 0.111. The number of hydrogen-bond acceptors (Lipinski definition) is 4. The van der Waals surface area contributed by atoms with Crippen LogP contribution >= 0.6 is 0 Å². The molecule has 0 unspecified atom stereocenters. The lowest BCUT2D eigenvalue weighted by atomic mass is 10.1. The van der Waals surface area contributed by atoms with Crippen molar-refractivity contribution >= 4 is 17.5 Å². The molecular weight excluding hydrogens is 416 g/mol. The van der Waals surface area contributed by atoms with E-state index in [1.165, 1.54) is 11.2 Å². The van der Waals surface area contributed by atoms with Gasteiger partial charge in [0.2, 0.25) is 0 Å². The van der Waals surface area contributed by atoms with Gasteiger partial charge in [0.25, 0.3) is 11.8 Å². The molecule has 6 heteroatoms. The third-order valence-electron chi connectivity index (χ3n) is 5.16. The molecule has 0 saturated heterocycles. The molecule has 0 bridgehead atoms. The van der Waals surface area contributed by atoms with Crippen molar-refractivity contribution in [2.45, 2.75) is 0 Å². The Balaban J connectivity index is 1.39. The number of nitrogens with one attached hydrogen (secondary N) is 1. The Kier molecular flexibility index (Phi) is 6.85. The summed E-state index contributed by atoms with van der Waals surface area (Å²) in [7, 11) is 1.61. The minimum Gasteiger partial charge on any atom is -0.491 e. The molecule has 2 amide bonds. The number of carbonyl (C=O) groups is 2. The standard InChI is InChI=1S/C27H24N2O4/c1-29(27(31)25-16-9-18-32-25)23-14-7-5-13-22(23)26(30)28-17-19-33-24-15-8-6-12-21(24)20-10-3-2-4-11-20/h2-16,18H,17,19H2,1H3,(H,28,30). The predicted molar refractivity (Wildman–Crippen MR) is 128 cm³/mol. The Labute approximate surface area is 192 Å². The van der Waals surface area contributed by atoms with E-state index in [4.69, 9.17) is 9.15 Å². The SMILES string of the molecule is CN(C(=O)c1ccco1)c1ccccc1C(=O)NCCOc1ccccc1-c1ccccc1. The van der Waals surface area contributed by atoms with Gasteiger partial charge in [-0.1, -0.05) is 60.7 Å². The molecule has 0 aliphatic carbocycles. The molecule has 0 atom stereocenters. The highest BCUT2D eigenvalue weighted by Crippen LogP contribution is 2.29. The van der Waals surface area contributed by atoms with Crippen LogP contribution in [-0.2, 0) is 0 Å². The highest BCUT2D eigenvalue weighted by molar-refractivity contribution is 6.09. The van der Waals surface area contributed by atoms with E-state index in [-0.39, 0.29) is 17.6 Å². The molecule has 33 heavy (non-hydrogen) atoms. The Morgan fingerprint density at radius 3 is 2.39 bits per heavy atom. The van der Waals surface area contributed by atoms with E-state index >= 15 is 0 Å². The summed E-state index contributed by atoms with van der Waals surface area (Å²) in [4.78, 5) is 26.9. The normalized spacial score (nSPS) is 10.5. The Morgan fingerprint density at radius 2 is 1.61 bits per heavy atom. The zero-order valence-electron chi connectivity index (χ0n) is 18.2. The van der Waals surface area contributed by atoms with Crippen molar-refractivity contribution < 1.29 is 18.7 Å². The summed E-state index contributed by atoms with van der Waals surface area (Å²) >= 11 is 0. The van der Waals surface area contributed by atoms with Crippen LogP contribution in [-0.4, -0.2) is 32.0 Å². The molecule has 0 saturated carbocycles. The highest BCUT2D eigenvalue weighted by atomic mass is 16.5. The summed E-state index contributed by atoms with van der Waals surface area (Å²) in [6, 6.07) is 28.0. The number of anilines is 1. The molecule has 1 aromatic heterocycles. The Bertz CT molecular complexity index is 1220. The summed E-state index contributed by atoms with van der Waals surface area (Å²) < 4.78 is 11.1. The lowest BCUT2D eigenvalue weighted by Crippen LogP contribution is -2.32. The quantitative estimate of drug-likeness (QED) is 0.390. The van der Waals surface area contributed by atoms with Crippen molar-refractivity contribution in [2.24, 2.45) is 0 Å². The number of furan rings is 1. The smallest absolute Gasteiger partial charge is 0.293 e. The van der Waals surface area contributed by atoms with E-state index in [1.807, 2.05) is 54.6 Å². The van der Waals surface area contributed by atoms with Gasteiger partial charge >= 0.3 is 0 Å². The van der Waals surface area contributed by atoms with Crippen LogP contribution in [0.4, 0.5) is 5.69 Å². The van der Waals surface area contributed by atoms with Gasteiger partial charge in [-0.15, -0.1) is 0 Å². The molecule has 4 rings (SSSR count). The van der Waals surface area contributed by atoms with Crippen LogP contribution in [0, 0.1) is 0 Å². The van der Waals surface area contributed by atoms with Crippen LogP contribution in [0.5, 0.6) is 5.75 Å². The maximum Gasteiger partial charge on any atom is 0.293 e. The molecular formula is C27H24N2O4. The molecule has 0 radical (unpaired) electrons. The summed E-state index contributed by atoms with van der Waals surface area (Å²) in [5, 5.41) is 2.87. The molecule has 0 aliphatic rings. The van der Waals surface area contributed by atoms with E-state index in [0.29, 0.717) is 24.4 Å². The summed E-state index contributed by atoms with van der Waals surface area (Å²) in [6.45, 7) is 0.616. The zero-order chi connectivity index (χ0) is 23.0. The van der Waals surface area contributed by atoms with Crippen LogP contribution in [0.1, 0.15) is 20.9 Å². The van der Waals surface area contributed by atoms with Gasteiger partial charge in [-0.25, -0.2) is 0 Å². The number of rotatable bonds is 8. The Morgan fingerprint density at radius 1 is 0.879 bits per heavy atom. The predicted octanol–water partition coefficient (Wildman–Crippen LogP) is 5.03. The molecule has 0 spiro atoms. The molecule has 0 fully saturated rings.